The van der Waals surface area contributed by atoms with Gasteiger partial charge in [0.1, 0.15) is 11.5 Å². The molecule has 0 radical (unpaired) electrons. The fraction of sp³-hybridized carbons (Fsp3) is 0.571. The predicted octanol–water partition coefficient (Wildman–Crippen LogP) is 2.39. The summed E-state index contributed by atoms with van der Waals surface area (Å²) in [6.07, 6.45) is 1.01. The number of nitrogens with one attached hydrogen (secondary N) is 1. The van der Waals surface area contributed by atoms with Gasteiger partial charge in [-0.3, -0.25) is 0 Å². The van der Waals surface area contributed by atoms with E-state index < -0.39 is 0 Å². The number of methoxy groups -OCH3 is 2. The maximum Gasteiger partial charge on any atom is 0.127 e. The fourth-order valence-electron chi connectivity index (χ4n) is 1.88. The van der Waals surface area contributed by atoms with Crippen LogP contribution in [0.1, 0.15) is 24.9 Å². The Bertz CT molecular complexity index is 333. The molecule has 0 fully saturated rings. The van der Waals surface area contributed by atoms with Crippen molar-refractivity contribution in [3.8, 4) is 11.5 Å². The van der Waals surface area contributed by atoms with E-state index in [1.165, 1.54) is 0 Å². The summed E-state index contributed by atoms with van der Waals surface area (Å²) in [6.45, 7) is 3.45. The summed E-state index contributed by atoms with van der Waals surface area (Å²) < 4.78 is 16.4. The van der Waals surface area contributed by atoms with Gasteiger partial charge in [-0.2, -0.15) is 0 Å². The highest BCUT2D eigenvalue weighted by Crippen LogP contribution is 2.33. The summed E-state index contributed by atoms with van der Waals surface area (Å²) in [5, 5.41) is 3.24. The summed E-state index contributed by atoms with van der Waals surface area (Å²) in [4.78, 5) is 0. The molecule has 0 aliphatic rings. The Kier molecular flexibility index (Phi) is 6.54. The van der Waals surface area contributed by atoms with Crippen LogP contribution in [0.3, 0.4) is 0 Å². The van der Waals surface area contributed by atoms with Crippen LogP contribution in [0, 0.1) is 0 Å². The molecular formula is C14H23NO3. The summed E-state index contributed by atoms with van der Waals surface area (Å²) >= 11 is 0. The molecule has 0 spiro atoms. The summed E-state index contributed by atoms with van der Waals surface area (Å²) in [7, 11) is 5.24. The van der Waals surface area contributed by atoms with Gasteiger partial charge in [0.2, 0.25) is 0 Å². The van der Waals surface area contributed by atoms with Crippen molar-refractivity contribution >= 4 is 0 Å². The SMILES string of the molecule is CCCOCC(NC)c1c(OC)cccc1OC. The summed E-state index contributed by atoms with van der Waals surface area (Å²) in [5.74, 6) is 1.63. The Morgan fingerprint density at radius 1 is 1.17 bits per heavy atom. The lowest BCUT2D eigenvalue weighted by Crippen LogP contribution is -2.23. The zero-order chi connectivity index (χ0) is 13.4. The van der Waals surface area contributed by atoms with Crippen LogP contribution >= 0.6 is 0 Å². The van der Waals surface area contributed by atoms with Crippen LogP contribution in [0.4, 0.5) is 0 Å². The molecule has 1 aromatic rings. The van der Waals surface area contributed by atoms with Crippen molar-refractivity contribution in [3.63, 3.8) is 0 Å². The molecule has 0 saturated heterocycles. The summed E-state index contributed by atoms with van der Waals surface area (Å²) in [5.41, 5.74) is 1.00. The van der Waals surface area contributed by atoms with Gasteiger partial charge in [-0.05, 0) is 25.6 Å². The average molecular weight is 253 g/mol. The van der Waals surface area contributed by atoms with Gasteiger partial charge in [0.25, 0.3) is 0 Å². The van der Waals surface area contributed by atoms with E-state index in [-0.39, 0.29) is 6.04 Å². The van der Waals surface area contributed by atoms with E-state index in [1.54, 1.807) is 14.2 Å². The number of benzene rings is 1. The molecule has 102 valence electrons. The van der Waals surface area contributed by atoms with Gasteiger partial charge < -0.3 is 19.5 Å². The van der Waals surface area contributed by atoms with Gasteiger partial charge in [0, 0.05) is 6.61 Å². The van der Waals surface area contributed by atoms with Gasteiger partial charge in [-0.25, -0.2) is 0 Å². The van der Waals surface area contributed by atoms with Crippen molar-refractivity contribution in [1.29, 1.82) is 0 Å². The molecule has 1 unspecified atom stereocenters. The number of hydrogen-bond acceptors (Lipinski definition) is 4. The molecule has 1 aromatic carbocycles. The topological polar surface area (TPSA) is 39.7 Å². The number of ether oxygens (including phenoxy) is 3. The highest BCUT2D eigenvalue weighted by molar-refractivity contribution is 5.47. The van der Waals surface area contributed by atoms with Crippen molar-refractivity contribution in [2.45, 2.75) is 19.4 Å². The third-order valence-electron chi connectivity index (χ3n) is 2.80. The Morgan fingerprint density at radius 2 is 1.78 bits per heavy atom. The molecule has 4 nitrogen and oxygen atoms in total. The van der Waals surface area contributed by atoms with Crippen LogP contribution in [0.15, 0.2) is 18.2 Å². The standard InChI is InChI=1S/C14H23NO3/c1-5-9-18-10-11(15-2)14-12(16-3)7-6-8-13(14)17-4/h6-8,11,15H,5,9-10H2,1-4H3. The molecule has 0 saturated carbocycles. The van der Waals surface area contributed by atoms with Crippen molar-refractivity contribution < 1.29 is 14.2 Å². The van der Waals surface area contributed by atoms with Crippen LogP contribution in [0.5, 0.6) is 11.5 Å². The predicted molar refractivity (Wildman–Crippen MR) is 72.5 cm³/mol. The molecule has 0 aromatic heterocycles. The van der Waals surface area contributed by atoms with E-state index in [0.29, 0.717) is 6.61 Å². The molecule has 1 N–H and O–H groups in total. The molecule has 0 heterocycles. The molecule has 0 bridgehead atoms. The number of rotatable bonds is 8. The van der Waals surface area contributed by atoms with Gasteiger partial charge in [-0.15, -0.1) is 0 Å². The van der Waals surface area contributed by atoms with Crippen LogP contribution in [0.2, 0.25) is 0 Å². The lowest BCUT2D eigenvalue weighted by Gasteiger charge is -2.21. The van der Waals surface area contributed by atoms with Gasteiger partial charge in [-0.1, -0.05) is 13.0 Å². The van der Waals surface area contributed by atoms with Crippen LogP contribution in [-0.2, 0) is 4.74 Å². The minimum atomic E-state index is 0.0580. The van der Waals surface area contributed by atoms with Gasteiger partial charge in [0.05, 0.1) is 32.4 Å². The first-order valence-electron chi connectivity index (χ1n) is 6.24. The van der Waals surface area contributed by atoms with Crippen molar-refractivity contribution in [2.24, 2.45) is 0 Å². The van der Waals surface area contributed by atoms with E-state index in [1.807, 2.05) is 25.2 Å². The molecule has 0 aliphatic carbocycles. The molecule has 0 aliphatic heterocycles. The maximum atomic E-state index is 5.62. The second kappa shape index (κ2) is 7.95. The van der Waals surface area contributed by atoms with Crippen LogP contribution < -0.4 is 14.8 Å². The summed E-state index contributed by atoms with van der Waals surface area (Å²) in [6, 6.07) is 5.84. The smallest absolute Gasteiger partial charge is 0.127 e. The Hall–Kier alpha value is -1.26. The third-order valence-corrected chi connectivity index (χ3v) is 2.80. The van der Waals surface area contributed by atoms with E-state index in [9.17, 15) is 0 Å². The Morgan fingerprint density at radius 3 is 2.22 bits per heavy atom. The lowest BCUT2D eigenvalue weighted by molar-refractivity contribution is 0.112. The van der Waals surface area contributed by atoms with E-state index in [4.69, 9.17) is 14.2 Å². The Labute approximate surface area is 109 Å². The van der Waals surface area contributed by atoms with E-state index >= 15 is 0 Å². The zero-order valence-electron chi connectivity index (χ0n) is 11.7. The normalized spacial score (nSPS) is 12.2. The molecule has 1 rings (SSSR count). The highest BCUT2D eigenvalue weighted by Gasteiger charge is 2.19. The van der Waals surface area contributed by atoms with E-state index in [0.717, 1.165) is 30.1 Å². The quantitative estimate of drug-likeness (QED) is 0.722. The highest BCUT2D eigenvalue weighted by atomic mass is 16.5. The number of likely N-dealkylation sites (N-methyl/N-ethyl adjacent to an activating group) is 1. The molecule has 4 heteroatoms. The number of hydrogen-bond donors (Lipinski definition) is 1. The Balaban J connectivity index is 2.94. The maximum absolute atomic E-state index is 5.62. The zero-order valence-corrected chi connectivity index (χ0v) is 11.7. The molecule has 0 amide bonds. The third kappa shape index (κ3) is 3.62. The van der Waals surface area contributed by atoms with Crippen LogP contribution in [0.25, 0.3) is 0 Å². The minimum absolute atomic E-state index is 0.0580. The van der Waals surface area contributed by atoms with Crippen molar-refractivity contribution in [2.75, 3.05) is 34.5 Å². The fourth-order valence-corrected chi connectivity index (χ4v) is 1.88. The monoisotopic (exact) mass is 253 g/mol. The molecule has 1 atom stereocenters. The minimum Gasteiger partial charge on any atom is -0.496 e. The largest absolute Gasteiger partial charge is 0.496 e. The van der Waals surface area contributed by atoms with Gasteiger partial charge >= 0.3 is 0 Å². The lowest BCUT2D eigenvalue weighted by atomic mass is 10.0. The van der Waals surface area contributed by atoms with Crippen molar-refractivity contribution in [1.82, 2.24) is 5.32 Å². The van der Waals surface area contributed by atoms with Gasteiger partial charge in [0.15, 0.2) is 0 Å². The first-order valence-corrected chi connectivity index (χ1v) is 6.24. The first-order chi connectivity index (χ1) is 8.78. The average Bonchev–Trinajstić information content (AvgIpc) is 2.43. The van der Waals surface area contributed by atoms with Crippen molar-refractivity contribution in [3.05, 3.63) is 23.8 Å². The first kappa shape index (κ1) is 14.8. The second-order valence-electron chi connectivity index (χ2n) is 3.99. The molecular weight excluding hydrogens is 230 g/mol. The molecule has 18 heavy (non-hydrogen) atoms. The van der Waals surface area contributed by atoms with Crippen LogP contribution in [-0.4, -0.2) is 34.5 Å². The van der Waals surface area contributed by atoms with E-state index in [2.05, 4.69) is 12.2 Å². The second-order valence-corrected chi connectivity index (χ2v) is 3.99.